The Labute approximate surface area is 339 Å². The summed E-state index contributed by atoms with van der Waals surface area (Å²) >= 11 is 7.18. The van der Waals surface area contributed by atoms with Gasteiger partial charge >= 0.3 is 7.57 Å². The zero-order valence-corrected chi connectivity index (χ0v) is 41.0. The SMILES string of the molecule is C.C1CCOC1.C[P@@](c1ccccc1Br)C(C)(C)C.C[P@@](c1ccccc1[P@](C)C(C)(C)C)C(C)(C)C.[B][P+](C)(c1ccccc1Br)C(C)(C)C. The van der Waals surface area contributed by atoms with Crippen molar-refractivity contribution in [1.29, 1.82) is 0 Å². The van der Waals surface area contributed by atoms with Gasteiger partial charge in [0.15, 0.2) is 0 Å². The van der Waals surface area contributed by atoms with E-state index in [-0.39, 0.29) is 36.3 Å². The summed E-state index contributed by atoms with van der Waals surface area (Å²) in [6.45, 7) is 39.1. The van der Waals surface area contributed by atoms with E-state index in [4.69, 9.17) is 12.3 Å². The maximum atomic E-state index is 6.50. The molecule has 3 aromatic rings. The van der Waals surface area contributed by atoms with E-state index in [0.29, 0.717) is 15.5 Å². The molecule has 3 aromatic carbocycles. The van der Waals surface area contributed by atoms with E-state index in [9.17, 15) is 0 Å². The van der Waals surface area contributed by atoms with Crippen LogP contribution >= 0.6 is 62.8 Å². The van der Waals surface area contributed by atoms with Crippen molar-refractivity contribution in [1.82, 2.24) is 0 Å². The van der Waals surface area contributed by atoms with Gasteiger partial charge in [-0.2, -0.15) is 0 Å². The molecule has 1 unspecified atom stereocenters. The minimum absolute atomic E-state index is 0. The van der Waals surface area contributed by atoms with Gasteiger partial charge in [0.1, 0.15) is 0 Å². The molecule has 0 saturated carbocycles. The molecular weight excluding hydrogens is 827 g/mol. The van der Waals surface area contributed by atoms with E-state index in [2.05, 4.69) is 208 Å². The van der Waals surface area contributed by atoms with Gasteiger partial charge in [-0.05, 0) is 126 Å². The highest BCUT2D eigenvalue weighted by molar-refractivity contribution is 9.11. The largest absolute Gasteiger partial charge is 0.381 e. The average Bonchev–Trinajstić information content (AvgIpc) is 3.60. The van der Waals surface area contributed by atoms with Gasteiger partial charge in [-0.15, -0.1) is 0 Å². The van der Waals surface area contributed by atoms with Crippen LogP contribution in [0, 0.1) is 0 Å². The first-order valence-corrected chi connectivity index (χ1v) is 27.0. The molecule has 2 radical (unpaired) electrons. The number of benzene rings is 3. The topological polar surface area (TPSA) is 9.23 Å². The Bertz CT molecular complexity index is 1380. The van der Waals surface area contributed by atoms with Crippen molar-refractivity contribution in [2.75, 3.05) is 39.9 Å². The minimum Gasteiger partial charge on any atom is -0.381 e. The highest BCUT2D eigenvalue weighted by atomic mass is 79.9. The monoisotopic (exact) mass is 897 g/mol. The van der Waals surface area contributed by atoms with Crippen molar-refractivity contribution >= 4 is 91.5 Å². The molecule has 1 aliphatic rings. The summed E-state index contributed by atoms with van der Waals surface area (Å²) in [5.74, 6) is 0. The Morgan fingerprint density at radius 3 is 1.16 bits per heavy atom. The number of hydrogen-bond donors (Lipinski definition) is 0. The van der Waals surface area contributed by atoms with Gasteiger partial charge in [0.2, 0.25) is 0 Å². The fourth-order valence-electron chi connectivity index (χ4n) is 4.54. The van der Waals surface area contributed by atoms with Crippen molar-refractivity contribution in [2.45, 2.75) is 124 Å². The predicted molar refractivity (Wildman–Crippen MR) is 256 cm³/mol. The van der Waals surface area contributed by atoms with Crippen LogP contribution in [0.4, 0.5) is 0 Å². The van der Waals surface area contributed by atoms with E-state index < -0.39 is 7.14 Å². The van der Waals surface area contributed by atoms with E-state index in [1.807, 2.05) is 6.07 Å². The molecule has 1 heterocycles. The van der Waals surface area contributed by atoms with Gasteiger partial charge in [-0.25, -0.2) is 0 Å². The molecule has 4 rings (SSSR count). The lowest BCUT2D eigenvalue weighted by Gasteiger charge is -2.35. The molecule has 286 valence electrons. The summed E-state index contributed by atoms with van der Waals surface area (Å²) in [6, 6.07) is 25.9. The first-order chi connectivity index (χ1) is 22.7. The Balaban J connectivity index is 0.000000687. The number of hydrogen-bond acceptors (Lipinski definition) is 1. The lowest BCUT2D eigenvalue weighted by atomic mass is 10.2. The van der Waals surface area contributed by atoms with Crippen molar-refractivity contribution in [3.8, 4) is 0 Å². The normalized spacial score (nSPS) is 16.3. The van der Waals surface area contributed by atoms with Gasteiger partial charge in [0.25, 0.3) is 0 Å². The predicted octanol–water partition coefficient (Wildman–Crippen LogP) is 13.8. The fourth-order valence-corrected chi connectivity index (χ4v) is 13.9. The third-order valence-corrected chi connectivity index (χ3v) is 25.1. The molecule has 1 saturated heterocycles. The summed E-state index contributed by atoms with van der Waals surface area (Å²) in [5.41, 5.74) is 0. The number of rotatable bonds is 4. The molecule has 4 atom stereocenters. The standard InChI is InChI=1S/C16H28P2.C11H16BBrP.C11H16BrP.C4H8O.CH4/c1-15(2,3)17(7)13-11-9-10-12-14(13)18(8)16(4,5)6;1-11(2,3)14(4,12)10-8-6-5-7-9(10)13;1-11(2,3)13(4)10-8-6-5-7-9(10)12;1-2-4-5-3-1;/h9-12H,1-8H3;5-8H,1-4H3;5-8H,1-4H3;1-4H2;1H4/q;+1;;;/t17-,18-;;13-;;/m0.0../s1. The van der Waals surface area contributed by atoms with Gasteiger partial charge in [0.05, 0.1) is 14.9 Å². The lowest BCUT2D eigenvalue weighted by molar-refractivity contribution is 0.198. The Morgan fingerprint density at radius 2 is 0.863 bits per heavy atom. The molecule has 51 heavy (non-hydrogen) atoms. The Morgan fingerprint density at radius 1 is 0.549 bits per heavy atom. The minimum atomic E-state index is -1.56. The molecule has 0 N–H and O–H groups in total. The van der Waals surface area contributed by atoms with E-state index in [0.717, 1.165) is 17.7 Å². The molecular formula is C43H72BBr2OP4+. The van der Waals surface area contributed by atoms with Crippen LogP contribution < -0.4 is 21.2 Å². The maximum Gasteiger partial charge on any atom is 0.371 e. The van der Waals surface area contributed by atoms with Crippen molar-refractivity contribution < 1.29 is 4.74 Å². The first kappa shape index (κ1) is 51.4. The van der Waals surface area contributed by atoms with Crippen LogP contribution in [0.15, 0.2) is 81.7 Å². The van der Waals surface area contributed by atoms with Crippen molar-refractivity contribution in [3.05, 3.63) is 81.7 Å². The molecule has 0 aliphatic carbocycles. The molecule has 1 nitrogen and oxygen atoms in total. The Kier molecular flexibility index (Phi) is 22.4. The van der Waals surface area contributed by atoms with E-state index >= 15 is 0 Å². The van der Waals surface area contributed by atoms with Crippen LogP contribution in [0.1, 0.15) is 103 Å². The third-order valence-electron chi connectivity index (χ3n) is 9.41. The Hall–Kier alpha value is 0.365. The second-order valence-electron chi connectivity index (χ2n) is 17.1. The van der Waals surface area contributed by atoms with Crippen LogP contribution in [-0.4, -0.2) is 68.1 Å². The van der Waals surface area contributed by atoms with Gasteiger partial charge < -0.3 is 4.74 Å². The number of halogens is 2. The maximum absolute atomic E-state index is 6.50. The molecule has 0 aromatic heterocycles. The summed E-state index contributed by atoms with van der Waals surface area (Å²) in [4.78, 5) is 0. The summed E-state index contributed by atoms with van der Waals surface area (Å²) in [5, 5.41) is 7.28. The van der Waals surface area contributed by atoms with Crippen molar-refractivity contribution in [3.63, 3.8) is 0 Å². The first-order valence-electron chi connectivity index (χ1n) is 17.8. The molecule has 8 heteroatoms. The van der Waals surface area contributed by atoms with Gasteiger partial charge in [-0.1, -0.05) is 164 Å². The zero-order chi connectivity index (χ0) is 38.7. The van der Waals surface area contributed by atoms with Crippen LogP contribution in [0.2, 0.25) is 0 Å². The van der Waals surface area contributed by atoms with E-state index in [1.165, 1.54) is 27.9 Å². The molecule has 0 bridgehead atoms. The quantitative estimate of drug-likeness (QED) is 0.187. The lowest BCUT2D eigenvalue weighted by Crippen LogP contribution is -2.31. The molecule has 1 aliphatic heterocycles. The van der Waals surface area contributed by atoms with Gasteiger partial charge in [0, 0.05) is 24.4 Å². The summed E-state index contributed by atoms with van der Waals surface area (Å²) in [7, 11) is 4.65. The fraction of sp³-hybridized carbons (Fsp3) is 0.581. The molecule has 1 fully saturated rings. The third kappa shape index (κ3) is 17.0. The highest BCUT2D eigenvalue weighted by Gasteiger charge is 2.43. The average molecular weight is 900 g/mol. The summed E-state index contributed by atoms with van der Waals surface area (Å²) < 4.78 is 7.33. The molecule has 0 spiro atoms. The summed E-state index contributed by atoms with van der Waals surface area (Å²) in [6.07, 6.45) is 2.56. The number of ether oxygens (including phenoxy) is 1. The van der Waals surface area contributed by atoms with Crippen molar-refractivity contribution in [2.24, 2.45) is 0 Å². The second kappa shape index (κ2) is 22.2. The van der Waals surface area contributed by atoms with Crippen LogP contribution in [-0.2, 0) is 4.74 Å². The van der Waals surface area contributed by atoms with Crippen LogP contribution in [0.25, 0.3) is 0 Å². The van der Waals surface area contributed by atoms with Gasteiger partial charge in [-0.3, -0.25) is 0 Å². The van der Waals surface area contributed by atoms with Crippen LogP contribution in [0.3, 0.4) is 0 Å². The van der Waals surface area contributed by atoms with Crippen LogP contribution in [0.5, 0.6) is 0 Å². The highest BCUT2D eigenvalue weighted by Crippen LogP contribution is 2.61. The zero-order valence-electron chi connectivity index (χ0n) is 34.3. The molecule has 0 amide bonds. The second-order valence-corrected chi connectivity index (χ2v) is 31.7. The van der Waals surface area contributed by atoms with E-state index in [1.54, 1.807) is 10.6 Å². The smallest absolute Gasteiger partial charge is 0.371 e.